The highest BCUT2D eigenvalue weighted by Crippen LogP contribution is 2.17. The highest BCUT2D eigenvalue weighted by molar-refractivity contribution is 5.32. The third-order valence-electron chi connectivity index (χ3n) is 2.88. The molecule has 0 atom stereocenters. The molecule has 0 spiro atoms. The Bertz CT molecular complexity index is 299. The summed E-state index contributed by atoms with van der Waals surface area (Å²) in [6.45, 7) is 3.55. The molecule has 0 bridgehead atoms. The SMILES string of the molecule is CCCCCCCCOc1cc[c]cc1CN. The normalized spacial score (nSPS) is 10.5. The van der Waals surface area contributed by atoms with Crippen LogP contribution in [-0.2, 0) is 6.54 Å². The number of ether oxygens (including phenoxy) is 1. The van der Waals surface area contributed by atoms with Crippen LogP contribution >= 0.6 is 0 Å². The van der Waals surface area contributed by atoms with Gasteiger partial charge in [-0.25, -0.2) is 0 Å². The van der Waals surface area contributed by atoms with Crippen molar-refractivity contribution in [3.8, 4) is 5.75 Å². The molecule has 0 aliphatic heterocycles. The van der Waals surface area contributed by atoms with E-state index in [-0.39, 0.29) is 0 Å². The average Bonchev–Trinajstić information content (AvgIpc) is 2.38. The monoisotopic (exact) mass is 234 g/mol. The van der Waals surface area contributed by atoms with Crippen molar-refractivity contribution in [2.45, 2.75) is 52.0 Å². The van der Waals surface area contributed by atoms with Crippen molar-refractivity contribution < 1.29 is 4.74 Å². The van der Waals surface area contributed by atoms with E-state index in [9.17, 15) is 0 Å². The maximum Gasteiger partial charge on any atom is 0.123 e. The van der Waals surface area contributed by atoms with Crippen LogP contribution in [0.5, 0.6) is 5.75 Å². The van der Waals surface area contributed by atoms with E-state index in [0.29, 0.717) is 6.54 Å². The number of hydrogen-bond donors (Lipinski definition) is 1. The molecule has 1 aromatic carbocycles. The molecule has 0 aliphatic carbocycles. The molecular formula is C15H24NO. The smallest absolute Gasteiger partial charge is 0.123 e. The molecule has 0 aromatic heterocycles. The zero-order chi connectivity index (χ0) is 12.3. The molecule has 1 rings (SSSR count). The summed E-state index contributed by atoms with van der Waals surface area (Å²) in [6, 6.07) is 8.73. The summed E-state index contributed by atoms with van der Waals surface area (Å²) in [6.07, 6.45) is 7.72. The highest BCUT2D eigenvalue weighted by atomic mass is 16.5. The predicted octanol–water partition coefficient (Wildman–Crippen LogP) is 3.68. The molecule has 1 aromatic rings. The van der Waals surface area contributed by atoms with Crippen LogP contribution < -0.4 is 10.5 Å². The van der Waals surface area contributed by atoms with Gasteiger partial charge in [0.15, 0.2) is 0 Å². The number of nitrogens with two attached hydrogens (primary N) is 1. The molecule has 2 heteroatoms. The van der Waals surface area contributed by atoms with Crippen LogP contribution in [0, 0.1) is 6.07 Å². The number of unbranched alkanes of at least 4 members (excludes halogenated alkanes) is 5. The van der Waals surface area contributed by atoms with Crippen LogP contribution in [0.2, 0.25) is 0 Å². The van der Waals surface area contributed by atoms with E-state index in [0.717, 1.165) is 24.3 Å². The minimum absolute atomic E-state index is 0.517. The summed E-state index contributed by atoms with van der Waals surface area (Å²) in [4.78, 5) is 0. The largest absolute Gasteiger partial charge is 0.493 e. The van der Waals surface area contributed by atoms with E-state index in [1.165, 1.54) is 32.1 Å². The Labute approximate surface area is 105 Å². The Morgan fingerprint density at radius 2 is 1.94 bits per heavy atom. The van der Waals surface area contributed by atoms with E-state index in [1.807, 2.05) is 18.2 Å². The van der Waals surface area contributed by atoms with Gasteiger partial charge in [0.05, 0.1) is 6.61 Å². The zero-order valence-electron chi connectivity index (χ0n) is 10.9. The lowest BCUT2D eigenvalue weighted by Crippen LogP contribution is -2.03. The van der Waals surface area contributed by atoms with Gasteiger partial charge < -0.3 is 10.5 Å². The van der Waals surface area contributed by atoms with Gasteiger partial charge in [0.2, 0.25) is 0 Å². The standard InChI is InChI=1S/C15H24NO/c1-2-3-4-5-6-9-12-17-15-11-8-7-10-14(15)13-16/h8,10-11H,2-6,9,12-13,16H2,1H3. The van der Waals surface area contributed by atoms with Gasteiger partial charge in [-0.1, -0.05) is 45.1 Å². The fraction of sp³-hybridized carbons (Fsp3) is 0.600. The Morgan fingerprint density at radius 3 is 2.71 bits per heavy atom. The number of benzene rings is 1. The summed E-state index contributed by atoms with van der Waals surface area (Å²) in [5.41, 5.74) is 6.68. The highest BCUT2D eigenvalue weighted by Gasteiger charge is 2.00. The van der Waals surface area contributed by atoms with Crippen molar-refractivity contribution in [2.75, 3.05) is 6.61 Å². The third kappa shape index (κ3) is 5.73. The minimum Gasteiger partial charge on any atom is -0.493 e. The minimum atomic E-state index is 0.517. The van der Waals surface area contributed by atoms with Gasteiger partial charge in [-0.2, -0.15) is 0 Å². The van der Waals surface area contributed by atoms with Crippen molar-refractivity contribution in [2.24, 2.45) is 5.73 Å². The fourth-order valence-electron chi connectivity index (χ4n) is 1.82. The lowest BCUT2D eigenvalue weighted by atomic mass is 10.1. The molecular weight excluding hydrogens is 210 g/mol. The molecule has 0 aliphatic rings. The fourth-order valence-corrected chi connectivity index (χ4v) is 1.82. The lowest BCUT2D eigenvalue weighted by molar-refractivity contribution is 0.301. The average molecular weight is 234 g/mol. The summed E-state index contributed by atoms with van der Waals surface area (Å²) in [5, 5.41) is 0. The first kappa shape index (κ1) is 14.0. The van der Waals surface area contributed by atoms with Crippen molar-refractivity contribution in [3.05, 3.63) is 29.8 Å². The van der Waals surface area contributed by atoms with Gasteiger partial charge in [0, 0.05) is 12.1 Å². The number of rotatable bonds is 9. The maximum atomic E-state index is 5.73. The second-order valence-electron chi connectivity index (χ2n) is 4.35. The summed E-state index contributed by atoms with van der Waals surface area (Å²) >= 11 is 0. The zero-order valence-corrected chi connectivity index (χ0v) is 10.9. The molecule has 2 nitrogen and oxygen atoms in total. The van der Waals surface area contributed by atoms with E-state index >= 15 is 0 Å². The third-order valence-corrected chi connectivity index (χ3v) is 2.88. The summed E-state index contributed by atoms with van der Waals surface area (Å²) in [7, 11) is 0. The van der Waals surface area contributed by atoms with Gasteiger partial charge in [-0.15, -0.1) is 0 Å². The summed E-state index contributed by atoms with van der Waals surface area (Å²) in [5.74, 6) is 0.916. The molecule has 0 heterocycles. The molecule has 95 valence electrons. The second kappa shape index (κ2) is 9.06. The van der Waals surface area contributed by atoms with Gasteiger partial charge >= 0.3 is 0 Å². The summed E-state index contributed by atoms with van der Waals surface area (Å²) < 4.78 is 5.73. The van der Waals surface area contributed by atoms with Crippen molar-refractivity contribution in [3.63, 3.8) is 0 Å². The van der Waals surface area contributed by atoms with Crippen molar-refractivity contribution in [1.82, 2.24) is 0 Å². The second-order valence-corrected chi connectivity index (χ2v) is 4.35. The first-order valence-electron chi connectivity index (χ1n) is 6.70. The van der Waals surface area contributed by atoms with Gasteiger partial charge in [0.1, 0.15) is 5.75 Å². The van der Waals surface area contributed by atoms with E-state index < -0.39 is 0 Å². The van der Waals surface area contributed by atoms with Gasteiger partial charge in [0.25, 0.3) is 0 Å². The topological polar surface area (TPSA) is 35.2 Å². The van der Waals surface area contributed by atoms with Gasteiger partial charge in [-0.3, -0.25) is 0 Å². The van der Waals surface area contributed by atoms with Crippen molar-refractivity contribution >= 4 is 0 Å². The maximum absolute atomic E-state index is 5.73. The van der Waals surface area contributed by atoms with E-state index in [1.54, 1.807) is 0 Å². The van der Waals surface area contributed by atoms with E-state index in [4.69, 9.17) is 10.5 Å². The van der Waals surface area contributed by atoms with E-state index in [2.05, 4.69) is 13.0 Å². The molecule has 2 N–H and O–H groups in total. The van der Waals surface area contributed by atoms with Crippen LogP contribution in [-0.4, -0.2) is 6.61 Å². The molecule has 0 saturated carbocycles. The molecule has 0 fully saturated rings. The van der Waals surface area contributed by atoms with Crippen molar-refractivity contribution in [1.29, 1.82) is 0 Å². The van der Waals surface area contributed by atoms with Gasteiger partial charge in [-0.05, 0) is 24.6 Å². The molecule has 0 unspecified atom stereocenters. The molecule has 0 saturated heterocycles. The predicted molar refractivity (Wildman–Crippen MR) is 72.0 cm³/mol. The molecule has 1 radical (unpaired) electrons. The van der Waals surface area contributed by atoms with Crippen LogP contribution in [0.25, 0.3) is 0 Å². The first-order chi connectivity index (χ1) is 8.38. The first-order valence-corrected chi connectivity index (χ1v) is 6.70. The molecule has 0 amide bonds. The number of hydrogen-bond acceptors (Lipinski definition) is 2. The van der Waals surface area contributed by atoms with Crippen LogP contribution in [0.3, 0.4) is 0 Å². The van der Waals surface area contributed by atoms with Crippen LogP contribution in [0.15, 0.2) is 18.2 Å². The Hall–Kier alpha value is -1.02. The quantitative estimate of drug-likeness (QED) is 0.661. The molecule has 17 heavy (non-hydrogen) atoms. The van der Waals surface area contributed by atoms with Crippen LogP contribution in [0.4, 0.5) is 0 Å². The Balaban J connectivity index is 2.13. The van der Waals surface area contributed by atoms with Crippen LogP contribution in [0.1, 0.15) is 51.0 Å². The Kier molecular flexibility index (Phi) is 7.48. The Morgan fingerprint density at radius 1 is 1.18 bits per heavy atom. The lowest BCUT2D eigenvalue weighted by Gasteiger charge is -2.09.